The van der Waals surface area contributed by atoms with E-state index in [0.717, 1.165) is 16.1 Å². The maximum Gasteiger partial charge on any atom is 0.243 e. The molecule has 7 nitrogen and oxygen atoms in total. The summed E-state index contributed by atoms with van der Waals surface area (Å²) >= 11 is 12.6. The highest BCUT2D eigenvalue weighted by atomic mass is 35.5. The number of nitrogens with zero attached hydrogens (tertiary/aromatic N) is 2. The van der Waals surface area contributed by atoms with E-state index >= 15 is 0 Å². The lowest BCUT2D eigenvalue weighted by Gasteiger charge is -2.32. The average molecular weight is 637 g/mol. The largest absolute Gasteiger partial charge is 0.354 e. The maximum absolute atomic E-state index is 14.5. The zero-order valence-corrected chi connectivity index (χ0v) is 26.2. The Morgan fingerprint density at radius 1 is 0.976 bits per heavy atom. The summed E-state index contributed by atoms with van der Waals surface area (Å²) in [6.07, 6.45) is 1.25. The molecule has 0 aliphatic carbocycles. The Hall–Kier alpha value is -3.14. The van der Waals surface area contributed by atoms with Crippen molar-refractivity contribution >= 4 is 50.7 Å². The van der Waals surface area contributed by atoms with Gasteiger partial charge in [0.25, 0.3) is 0 Å². The molecule has 11 heteroatoms. The summed E-state index contributed by atoms with van der Waals surface area (Å²) in [6, 6.07) is 19.0. The minimum absolute atomic E-state index is 0.0323. The molecule has 1 unspecified atom stereocenters. The fraction of sp³-hybridized carbons (Fsp3) is 0.355. The summed E-state index contributed by atoms with van der Waals surface area (Å²) in [6.45, 7) is 4.30. The Balaban J connectivity index is 1.92. The van der Waals surface area contributed by atoms with Gasteiger partial charge < -0.3 is 10.2 Å². The number of carbonyl (C=O) groups is 2. The zero-order chi connectivity index (χ0) is 30.9. The van der Waals surface area contributed by atoms with E-state index in [0.29, 0.717) is 22.2 Å². The van der Waals surface area contributed by atoms with Crippen molar-refractivity contribution in [1.29, 1.82) is 0 Å². The fourth-order valence-electron chi connectivity index (χ4n) is 4.45. The fourth-order valence-corrected chi connectivity index (χ4v) is 5.88. The monoisotopic (exact) mass is 635 g/mol. The lowest BCUT2D eigenvalue weighted by atomic mass is 10.0. The highest BCUT2D eigenvalue weighted by Crippen LogP contribution is 2.26. The SMILES string of the molecule is CC(C)CNC(=O)C(Cc1ccccc1)N(Cc1ccc(Cl)cc1Cl)C(=O)CCCN(c1ccccc1F)S(C)(=O)=O. The second-order valence-electron chi connectivity index (χ2n) is 10.5. The van der Waals surface area contributed by atoms with Crippen LogP contribution >= 0.6 is 23.2 Å². The molecule has 0 radical (unpaired) electrons. The van der Waals surface area contributed by atoms with Gasteiger partial charge in [0.15, 0.2) is 0 Å². The number of benzene rings is 3. The molecule has 0 aromatic heterocycles. The molecule has 0 aliphatic heterocycles. The molecule has 0 saturated heterocycles. The number of halogens is 3. The van der Waals surface area contributed by atoms with E-state index in [9.17, 15) is 22.4 Å². The Labute approximate surface area is 257 Å². The second-order valence-corrected chi connectivity index (χ2v) is 13.2. The normalized spacial score (nSPS) is 12.2. The Morgan fingerprint density at radius 2 is 1.64 bits per heavy atom. The number of hydrogen-bond acceptors (Lipinski definition) is 4. The molecule has 226 valence electrons. The van der Waals surface area contributed by atoms with Gasteiger partial charge in [0.1, 0.15) is 11.9 Å². The van der Waals surface area contributed by atoms with Crippen LogP contribution < -0.4 is 9.62 Å². The predicted octanol–water partition coefficient (Wildman–Crippen LogP) is 6.09. The zero-order valence-electron chi connectivity index (χ0n) is 23.9. The van der Waals surface area contributed by atoms with E-state index in [4.69, 9.17) is 23.2 Å². The predicted molar refractivity (Wildman–Crippen MR) is 167 cm³/mol. The summed E-state index contributed by atoms with van der Waals surface area (Å²) in [5.74, 6) is -1.17. The van der Waals surface area contributed by atoms with Crippen molar-refractivity contribution in [3.63, 3.8) is 0 Å². The van der Waals surface area contributed by atoms with Crippen LogP contribution in [-0.4, -0.2) is 50.5 Å². The highest BCUT2D eigenvalue weighted by molar-refractivity contribution is 7.92. The van der Waals surface area contributed by atoms with Crippen LogP contribution in [-0.2, 0) is 32.6 Å². The summed E-state index contributed by atoms with van der Waals surface area (Å²) in [4.78, 5) is 28.9. The quantitative estimate of drug-likeness (QED) is 0.232. The van der Waals surface area contributed by atoms with Crippen LogP contribution in [0.1, 0.15) is 37.8 Å². The van der Waals surface area contributed by atoms with Gasteiger partial charge in [-0.3, -0.25) is 13.9 Å². The molecule has 0 saturated carbocycles. The van der Waals surface area contributed by atoms with Crippen LogP contribution in [0.5, 0.6) is 0 Å². The molecule has 1 atom stereocenters. The van der Waals surface area contributed by atoms with E-state index in [1.807, 2.05) is 44.2 Å². The second kappa shape index (κ2) is 15.4. The summed E-state index contributed by atoms with van der Waals surface area (Å²) in [5, 5.41) is 3.74. The summed E-state index contributed by atoms with van der Waals surface area (Å²) < 4.78 is 40.5. The first kappa shape index (κ1) is 33.4. The average Bonchev–Trinajstić information content (AvgIpc) is 2.93. The van der Waals surface area contributed by atoms with Gasteiger partial charge in [-0.15, -0.1) is 0 Å². The van der Waals surface area contributed by atoms with Crippen LogP contribution in [0.25, 0.3) is 0 Å². The van der Waals surface area contributed by atoms with Crippen LogP contribution in [0.15, 0.2) is 72.8 Å². The van der Waals surface area contributed by atoms with Crippen molar-refractivity contribution in [3.8, 4) is 0 Å². The lowest BCUT2D eigenvalue weighted by Crippen LogP contribution is -2.51. The van der Waals surface area contributed by atoms with Crippen molar-refractivity contribution in [1.82, 2.24) is 10.2 Å². The molecule has 2 amide bonds. The number of anilines is 1. The van der Waals surface area contributed by atoms with Crippen molar-refractivity contribution in [2.45, 2.75) is 45.7 Å². The van der Waals surface area contributed by atoms with Crippen LogP contribution in [0.2, 0.25) is 10.0 Å². The minimum atomic E-state index is -3.83. The van der Waals surface area contributed by atoms with Crippen LogP contribution in [0, 0.1) is 11.7 Å². The molecule has 0 spiro atoms. The molecule has 0 aliphatic rings. The third kappa shape index (κ3) is 9.71. The number of amides is 2. The van der Waals surface area contributed by atoms with Gasteiger partial charge in [-0.2, -0.15) is 0 Å². The van der Waals surface area contributed by atoms with E-state index in [1.54, 1.807) is 24.3 Å². The molecule has 0 heterocycles. The molecule has 42 heavy (non-hydrogen) atoms. The number of hydrogen-bond donors (Lipinski definition) is 1. The molecular weight excluding hydrogens is 600 g/mol. The smallest absolute Gasteiger partial charge is 0.243 e. The van der Waals surface area contributed by atoms with Gasteiger partial charge in [0.2, 0.25) is 21.8 Å². The first-order chi connectivity index (χ1) is 19.9. The topological polar surface area (TPSA) is 86.8 Å². The van der Waals surface area contributed by atoms with Gasteiger partial charge in [-0.25, -0.2) is 12.8 Å². The van der Waals surface area contributed by atoms with E-state index in [1.165, 1.54) is 23.1 Å². The van der Waals surface area contributed by atoms with Gasteiger partial charge in [-0.05, 0) is 47.7 Å². The van der Waals surface area contributed by atoms with E-state index in [2.05, 4.69) is 5.32 Å². The van der Waals surface area contributed by atoms with Crippen LogP contribution in [0.4, 0.5) is 10.1 Å². The Morgan fingerprint density at radius 3 is 2.26 bits per heavy atom. The number of sulfonamides is 1. The summed E-state index contributed by atoms with van der Waals surface area (Å²) in [5.41, 5.74) is 1.38. The number of carbonyl (C=O) groups excluding carboxylic acids is 2. The highest BCUT2D eigenvalue weighted by Gasteiger charge is 2.31. The molecule has 0 bridgehead atoms. The first-order valence-electron chi connectivity index (χ1n) is 13.6. The van der Waals surface area contributed by atoms with Gasteiger partial charge in [0.05, 0.1) is 11.9 Å². The van der Waals surface area contributed by atoms with E-state index in [-0.39, 0.29) is 55.8 Å². The van der Waals surface area contributed by atoms with Crippen molar-refractivity contribution in [3.05, 3.63) is 99.8 Å². The van der Waals surface area contributed by atoms with Crippen LogP contribution in [0.3, 0.4) is 0 Å². The van der Waals surface area contributed by atoms with Crippen molar-refractivity contribution < 1.29 is 22.4 Å². The molecule has 1 N–H and O–H groups in total. The maximum atomic E-state index is 14.5. The Bertz CT molecular complexity index is 1470. The third-order valence-electron chi connectivity index (χ3n) is 6.58. The molecular formula is C31H36Cl2FN3O4S. The number of para-hydroxylation sites is 1. The van der Waals surface area contributed by atoms with Gasteiger partial charge >= 0.3 is 0 Å². The minimum Gasteiger partial charge on any atom is -0.354 e. The van der Waals surface area contributed by atoms with Crippen molar-refractivity contribution in [2.24, 2.45) is 5.92 Å². The van der Waals surface area contributed by atoms with Gasteiger partial charge in [-0.1, -0.05) is 85.6 Å². The number of nitrogens with one attached hydrogen (secondary N) is 1. The van der Waals surface area contributed by atoms with E-state index < -0.39 is 21.9 Å². The standard InChI is InChI=1S/C31H36Cl2FN3O4S/c1-22(2)20-35-31(39)29(18-23-10-5-4-6-11-23)36(21-24-15-16-25(32)19-26(24)33)30(38)14-9-17-37(42(3,40)41)28-13-8-7-12-27(28)34/h4-8,10-13,15-16,19,22,29H,9,14,17-18,20-21H2,1-3H3,(H,35,39). The number of rotatable bonds is 14. The molecule has 3 aromatic rings. The Kier molecular flexibility index (Phi) is 12.2. The molecule has 0 fully saturated rings. The molecule has 3 rings (SSSR count). The molecule has 3 aromatic carbocycles. The van der Waals surface area contributed by atoms with Gasteiger partial charge in [0, 0.05) is 42.5 Å². The van der Waals surface area contributed by atoms with Crippen molar-refractivity contribution in [2.75, 3.05) is 23.7 Å². The third-order valence-corrected chi connectivity index (χ3v) is 8.35. The first-order valence-corrected chi connectivity index (χ1v) is 16.2. The summed E-state index contributed by atoms with van der Waals surface area (Å²) in [7, 11) is -3.83. The lowest BCUT2D eigenvalue weighted by molar-refractivity contribution is -0.141.